The van der Waals surface area contributed by atoms with Crippen molar-refractivity contribution in [3.05, 3.63) is 64.6 Å². The minimum atomic E-state index is 0.144. The van der Waals surface area contributed by atoms with Crippen molar-refractivity contribution in [2.75, 3.05) is 0 Å². The van der Waals surface area contributed by atoms with Crippen molar-refractivity contribution < 1.29 is 4.79 Å². The Balaban J connectivity index is 1.92. The van der Waals surface area contributed by atoms with Gasteiger partial charge in [-0.3, -0.25) is 9.78 Å². The van der Waals surface area contributed by atoms with Crippen LogP contribution in [0.2, 0.25) is 0 Å². The van der Waals surface area contributed by atoms with Gasteiger partial charge in [0.2, 0.25) is 0 Å². The number of nitrogens with zero attached hydrogens (tertiary/aromatic N) is 1. The Kier molecular flexibility index (Phi) is 2.90. The molecule has 0 aliphatic carbocycles. The lowest BCUT2D eigenvalue weighted by molar-refractivity contribution is 0.0994. The number of carbonyl (C=O) groups is 1. The van der Waals surface area contributed by atoms with Crippen LogP contribution in [-0.2, 0) is 6.42 Å². The summed E-state index contributed by atoms with van der Waals surface area (Å²) in [5, 5.41) is 2.26. The number of Topliss-reactive ketones (excluding diaryl/α,β-unsaturated/α-hetero) is 1. The molecule has 0 aliphatic rings. The molecule has 0 atom stereocenters. The van der Waals surface area contributed by atoms with Crippen molar-refractivity contribution in [2.45, 2.75) is 6.42 Å². The van der Waals surface area contributed by atoms with E-state index in [1.54, 1.807) is 11.7 Å². The quantitative estimate of drug-likeness (QED) is 0.666. The maximum absolute atomic E-state index is 12.1. The molecule has 0 spiro atoms. The van der Waals surface area contributed by atoms with Gasteiger partial charge in [0, 0.05) is 23.1 Å². The molecule has 0 radical (unpaired) electrons. The molecule has 0 N–H and O–H groups in total. The SMILES string of the molecule is O=C(Cc1cncs1)c1ccc2ccccc2c1. The average molecular weight is 253 g/mol. The van der Waals surface area contributed by atoms with Crippen molar-refractivity contribution >= 4 is 27.9 Å². The highest BCUT2D eigenvalue weighted by atomic mass is 32.1. The fraction of sp³-hybridized carbons (Fsp3) is 0.0667. The van der Waals surface area contributed by atoms with Crippen LogP contribution in [0.5, 0.6) is 0 Å². The maximum atomic E-state index is 12.1. The zero-order valence-electron chi connectivity index (χ0n) is 9.67. The summed E-state index contributed by atoms with van der Waals surface area (Å²) in [7, 11) is 0. The minimum absolute atomic E-state index is 0.144. The topological polar surface area (TPSA) is 30.0 Å². The predicted molar refractivity (Wildman–Crippen MR) is 74.1 cm³/mol. The largest absolute Gasteiger partial charge is 0.294 e. The highest BCUT2D eigenvalue weighted by molar-refractivity contribution is 7.09. The van der Waals surface area contributed by atoms with Gasteiger partial charge in [0.1, 0.15) is 0 Å². The predicted octanol–water partition coefficient (Wildman–Crippen LogP) is 3.72. The van der Waals surface area contributed by atoms with Gasteiger partial charge in [-0.25, -0.2) is 0 Å². The van der Waals surface area contributed by atoms with Crippen LogP contribution < -0.4 is 0 Å². The van der Waals surface area contributed by atoms with E-state index in [4.69, 9.17) is 0 Å². The molecule has 3 heteroatoms. The van der Waals surface area contributed by atoms with Crippen LogP contribution in [0, 0.1) is 0 Å². The summed E-state index contributed by atoms with van der Waals surface area (Å²) in [5.74, 6) is 0.144. The Morgan fingerprint density at radius 3 is 2.72 bits per heavy atom. The zero-order valence-corrected chi connectivity index (χ0v) is 10.5. The standard InChI is InChI=1S/C15H11NOS/c17-15(8-14-9-16-10-18-14)13-6-5-11-3-1-2-4-12(11)7-13/h1-7,9-10H,8H2. The minimum Gasteiger partial charge on any atom is -0.294 e. The molecule has 3 aromatic rings. The second-order valence-corrected chi connectivity index (χ2v) is 5.10. The van der Waals surface area contributed by atoms with Gasteiger partial charge >= 0.3 is 0 Å². The van der Waals surface area contributed by atoms with Crippen LogP contribution in [0.3, 0.4) is 0 Å². The average Bonchev–Trinajstić information content (AvgIpc) is 2.91. The molecule has 0 unspecified atom stereocenters. The number of ketones is 1. The van der Waals surface area contributed by atoms with Crippen LogP contribution in [0.1, 0.15) is 15.2 Å². The summed E-state index contributed by atoms with van der Waals surface area (Å²) in [4.78, 5) is 17.1. The Morgan fingerprint density at radius 1 is 1.11 bits per heavy atom. The summed E-state index contributed by atoms with van der Waals surface area (Å²) >= 11 is 1.52. The summed E-state index contributed by atoms with van der Waals surface area (Å²) in [5.41, 5.74) is 2.52. The molecule has 3 rings (SSSR count). The van der Waals surface area contributed by atoms with E-state index >= 15 is 0 Å². The van der Waals surface area contributed by atoms with E-state index < -0.39 is 0 Å². The van der Waals surface area contributed by atoms with Gasteiger partial charge in [-0.1, -0.05) is 36.4 Å². The Bertz CT molecular complexity index is 689. The Hall–Kier alpha value is -2.00. The van der Waals surface area contributed by atoms with Gasteiger partial charge in [-0.15, -0.1) is 11.3 Å². The second kappa shape index (κ2) is 4.70. The molecule has 2 aromatic carbocycles. The van der Waals surface area contributed by atoms with Crippen LogP contribution in [-0.4, -0.2) is 10.8 Å². The third-order valence-corrected chi connectivity index (χ3v) is 3.67. The molecule has 2 nitrogen and oxygen atoms in total. The Morgan fingerprint density at radius 2 is 1.94 bits per heavy atom. The molecule has 0 amide bonds. The van der Waals surface area contributed by atoms with Crippen LogP contribution >= 0.6 is 11.3 Å². The van der Waals surface area contributed by atoms with Gasteiger partial charge in [0.15, 0.2) is 5.78 Å². The number of rotatable bonds is 3. The fourth-order valence-corrected chi connectivity index (χ4v) is 2.55. The molecule has 18 heavy (non-hydrogen) atoms. The number of benzene rings is 2. The molecule has 1 aromatic heterocycles. The summed E-state index contributed by atoms with van der Waals surface area (Å²) in [6.45, 7) is 0. The van der Waals surface area contributed by atoms with Gasteiger partial charge < -0.3 is 0 Å². The van der Waals surface area contributed by atoms with Crippen LogP contribution in [0.25, 0.3) is 10.8 Å². The van der Waals surface area contributed by atoms with Gasteiger partial charge in [0.25, 0.3) is 0 Å². The van der Waals surface area contributed by atoms with Crippen molar-refractivity contribution in [2.24, 2.45) is 0 Å². The first-order chi connectivity index (χ1) is 8.83. The first-order valence-corrected chi connectivity index (χ1v) is 6.60. The van der Waals surface area contributed by atoms with Crippen molar-refractivity contribution in [3.63, 3.8) is 0 Å². The van der Waals surface area contributed by atoms with E-state index in [-0.39, 0.29) is 5.78 Å². The second-order valence-electron chi connectivity index (χ2n) is 4.13. The molecule has 0 saturated heterocycles. The fourth-order valence-electron chi connectivity index (χ4n) is 1.95. The molecule has 1 heterocycles. The van der Waals surface area contributed by atoms with E-state index in [0.717, 1.165) is 21.2 Å². The number of aromatic nitrogens is 1. The molecule has 0 bridgehead atoms. The first kappa shape index (κ1) is 11.1. The third kappa shape index (κ3) is 2.17. The number of carbonyl (C=O) groups excluding carboxylic acids is 1. The van der Waals surface area contributed by atoms with E-state index in [1.807, 2.05) is 42.5 Å². The van der Waals surface area contributed by atoms with E-state index in [9.17, 15) is 4.79 Å². The maximum Gasteiger partial charge on any atom is 0.168 e. The third-order valence-electron chi connectivity index (χ3n) is 2.89. The lowest BCUT2D eigenvalue weighted by Crippen LogP contribution is -2.01. The van der Waals surface area contributed by atoms with Crippen molar-refractivity contribution in [1.29, 1.82) is 0 Å². The van der Waals surface area contributed by atoms with E-state index in [0.29, 0.717) is 6.42 Å². The van der Waals surface area contributed by atoms with Gasteiger partial charge in [-0.05, 0) is 16.8 Å². The lowest BCUT2D eigenvalue weighted by Gasteiger charge is -2.02. The van der Waals surface area contributed by atoms with Gasteiger partial charge in [0.05, 0.1) is 5.51 Å². The normalized spacial score (nSPS) is 10.7. The summed E-state index contributed by atoms with van der Waals surface area (Å²) in [6, 6.07) is 13.9. The smallest absolute Gasteiger partial charge is 0.168 e. The van der Waals surface area contributed by atoms with Crippen LogP contribution in [0.15, 0.2) is 54.2 Å². The van der Waals surface area contributed by atoms with E-state index in [2.05, 4.69) is 4.98 Å². The number of thiazole rings is 1. The van der Waals surface area contributed by atoms with Crippen LogP contribution in [0.4, 0.5) is 0 Å². The summed E-state index contributed by atoms with van der Waals surface area (Å²) in [6.07, 6.45) is 2.19. The molecular formula is C15H11NOS. The van der Waals surface area contributed by atoms with Gasteiger partial charge in [-0.2, -0.15) is 0 Å². The number of fused-ring (bicyclic) bond motifs is 1. The zero-order chi connectivity index (χ0) is 12.4. The van der Waals surface area contributed by atoms with E-state index in [1.165, 1.54) is 11.3 Å². The molecular weight excluding hydrogens is 242 g/mol. The lowest BCUT2D eigenvalue weighted by atomic mass is 10.0. The highest BCUT2D eigenvalue weighted by Crippen LogP contribution is 2.17. The van der Waals surface area contributed by atoms with Crippen molar-refractivity contribution in [3.8, 4) is 0 Å². The highest BCUT2D eigenvalue weighted by Gasteiger charge is 2.08. The van der Waals surface area contributed by atoms with Crippen molar-refractivity contribution in [1.82, 2.24) is 4.98 Å². The summed E-state index contributed by atoms with van der Waals surface area (Å²) < 4.78 is 0. The monoisotopic (exact) mass is 253 g/mol. The molecule has 88 valence electrons. The molecule has 0 fully saturated rings. The molecule has 0 saturated carbocycles. The molecule has 0 aliphatic heterocycles. The Labute approximate surface area is 109 Å². The number of hydrogen-bond donors (Lipinski definition) is 0. The number of hydrogen-bond acceptors (Lipinski definition) is 3. The first-order valence-electron chi connectivity index (χ1n) is 5.72.